The Hall–Kier alpha value is -0.0800. The summed E-state index contributed by atoms with van der Waals surface area (Å²) in [6.07, 6.45) is 2.54. The van der Waals surface area contributed by atoms with Gasteiger partial charge in [-0.3, -0.25) is 0 Å². The van der Waals surface area contributed by atoms with Gasteiger partial charge in [0, 0.05) is 18.6 Å². The Morgan fingerprint density at radius 1 is 1.55 bits per heavy atom. The molecule has 2 rings (SSSR count). The zero-order valence-electron chi connectivity index (χ0n) is 7.46. The maximum atomic E-state index is 5.97. The summed E-state index contributed by atoms with van der Waals surface area (Å²) in [5.74, 6) is 1.75. The van der Waals surface area contributed by atoms with Gasteiger partial charge in [0.05, 0.1) is 0 Å². The Kier molecular flexibility index (Phi) is 1.69. The molecule has 2 nitrogen and oxygen atoms in total. The van der Waals surface area contributed by atoms with Crippen molar-refractivity contribution in [2.24, 2.45) is 17.6 Å². The van der Waals surface area contributed by atoms with Gasteiger partial charge in [-0.05, 0) is 31.7 Å². The maximum absolute atomic E-state index is 5.97. The first-order chi connectivity index (χ1) is 5.24. The first-order valence-electron chi connectivity index (χ1n) is 4.70. The molecular formula is C9H18N2. The van der Waals surface area contributed by atoms with E-state index in [0.717, 1.165) is 17.9 Å². The summed E-state index contributed by atoms with van der Waals surface area (Å²) in [6.45, 7) is 3.56. The van der Waals surface area contributed by atoms with Crippen molar-refractivity contribution in [1.29, 1.82) is 0 Å². The molecule has 4 atom stereocenters. The van der Waals surface area contributed by atoms with Crippen LogP contribution in [0, 0.1) is 11.8 Å². The van der Waals surface area contributed by atoms with Crippen molar-refractivity contribution in [1.82, 2.24) is 4.90 Å². The van der Waals surface area contributed by atoms with Crippen molar-refractivity contribution in [3.8, 4) is 0 Å². The van der Waals surface area contributed by atoms with Crippen molar-refractivity contribution in [2.45, 2.75) is 31.8 Å². The molecule has 2 N–H and O–H groups in total. The average molecular weight is 154 g/mol. The van der Waals surface area contributed by atoms with Crippen LogP contribution in [0.25, 0.3) is 0 Å². The van der Waals surface area contributed by atoms with Crippen molar-refractivity contribution in [2.75, 3.05) is 13.6 Å². The van der Waals surface area contributed by atoms with Gasteiger partial charge in [0.2, 0.25) is 0 Å². The lowest BCUT2D eigenvalue weighted by molar-refractivity contribution is 0.152. The van der Waals surface area contributed by atoms with Gasteiger partial charge in [0.1, 0.15) is 0 Å². The van der Waals surface area contributed by atoms with Crippen LogP contribution in [0.15, 0.2) is 0 Å². The molecule has 1 aliphatic heterocycles. The molecule has 1 heterocycles. The lowest BCUT2D eigenvalue weighted by Crippen LogP contribution is -2.49. The molecule has 0 aromatic rings. The van der Waals surface area contributed by atoms with Crippen molar-refractivity contribution >= 4 is 0 Å². The molecule has 0 radical (unpaired) electrons. The van der Waals surface area contributed by atoms with E-state index < -0.39 is 0 Å². The van der Waals surface area contributed by atoms with Crippen molar-refractivity contribution in [3.63, 3.8) is 0 Å². The number of hydrogen-bond donors (Lipinski definition) is 1. The Morgan fingerprint density at radius 3 is 2.73 bits per heavy atom. The highest BCUT2D eigenvalue weighted by molar-refractivity contribution is 5.04. The van der Waals surface area contributed by atoms with Crippen LogP contribution in [0.2, 0.25) is 0 Å². The first-order valence-corrected chi connectivity index (χ1v) is 4.70. The number of rotatable bonds is 1. The molecule has 0 bridgehead atoms. The molecule has 2 aliphatic rings. The molecule has 64 valence electrons. The molecule has 2 heteroatoms. The van der Waals surface area contributed by atoms with Crippen LogP contribution >= 0.6 is 0 Å². The summed E-state index contributed by atoms with van der Waals surface area (Å²) in [4.78, 5) is 2.49. The summed E-state index contributed by atoms with van der Waals surface area (Å²) in [7, 11) is 2.24. The lowest BCUT2D eigenvalue weighted by atomic mass is 9.68. The van der Waals surface area contributed by atoms with Crippen LogP contribution in [-0.4, -0.2) is 30.6 Å². The fraction of sp³-hybridized carbons (Fsp3) is 1.00. The third-order valence-corrected chi connectivity index (χ3v) is 3.56. The molecule has 0 amide bonds. The second-order valence-corrected chi connectivity index (χ2v) is 4.15. The zero-order valence-corrected chi connectivity index (χ0v) is 7.46. The van der Waals surface area contributed by atoms with Crippen LogP contribution in [0.4, 0.5) is 0 Å². The average Bonchev–Trinajstić information content (AvgIpc) is 2.22. The highest BCUT2D eigenvalue weighted by Crippen LogP contribution is 2.44. The summed E-state index contributed by atoms with van der Waals surface area (Å²) < 4.78 is 0. The number of nitrogens with two attached hydrogens (primary N) is 1. The van der Waals surface area contributed by atoms with E-state index in [-0.39, 0.29) is 0 Å². The van der Waals surface area contributed by atoms with E-state index in [9.17, 15) is 0 Å². The normalized spacial score (nSPS) is 50.5. The van der Waals surface area contributed by atoms with Gasteiger partial charge in [-0.15, -0.1) is 0 Å². The van der Waals surface area contributed by atoms with Gasteiger partial charge < -0.3 is 10.6 Å². The second-order valence-electron chi connectivity index (χ2n) is 4.15. The van der Waals surface area contributed by atoms with E-state index in [2.05, 4.69) is 18.9 Å². The molecule has 2 fully saturated rings. The molecule has 0 aromatic heterocycles. The molecule has 3 unspecified atom stereocenters. The minimum Gasteiger partial charge on any atom is -0.327 e. The van der Waals surface area contributed by atoms with E-state index >= 15 is 0 Å². The quantitative estimate of drug-likeness (QED) is 0.601. The summed E-state index contributed by atoms with van der Waals surface area (Å²) in [5.41, 5.74) is 5.97. The van der Waals surface area contributed by atoms with Gasteiger partial charge in [-0.2, -0.15) is 0 Å². The smallest absolute Gasteiger partial charge is 0.0136 e. The SMILES string of the molecule is CCC1C2C(C[C@H]2N)CN1C. The minimum absolute atomic E-state index is 0.509. The Balaban J connectivity index is 2.07. The zero-order chi connectivity index (χ0) is 8.01. The standard InChI is InChI=1S/C9H18N2/c1-3-8-9-6(4-7(9)10)5-11(8)2/h6-9H,3-5,10H2,1-2H3/t6?,7-,8?,9?/m1/s1. The number of fused-ring (bicyclic) bond motifs is 1. The van der Waals surface area contributed by atoms with Gasteiger partial charge in [-0.25, -0.2) is 0 Å². The van der Waals surface area contributed by atoms with Gasteiger partial charge in [0.25, 0.3) is 0 Å². The van der Waals surface area contributed by atoms with Crippen LogP contribution < -0.4 is 5.73 Å². The predicted octanol–water partition coefficient (Wildman–Crippen LogP) is 0.674. The highest BCUT2D eigenvalue weighted by atomic mass is 15.2. The van der Waals surface area contributed by atoms with Crippen LogP contribution in [0.1, 0.15) is 19.8 Å². The lowest BCUT2D eigenvalue weighted by Gasteiger charge is -2.40. The van der Waals surface area contributed by atoms with E-state index in [0.29, 0.717) is 6.04 Å². The molecule has 11 heavy (non-hydrogen) atoms. The summed E-state index contributed by atoms with van der Waals surface area (Å²) in [5, 5.41) is 0. The Morgan fingerprint density at radius 2 is 2.27 bits per heavy atom. The minimum atomic E-state index is 0.509. The van der Waals surface area contributed by atoms with Gasteiger partial charge in [0.15, 0.2) is 0 Å². The van der Waals surface area contributed by atoms with E-state index in [1.165, 1.54) is 19.4 Å². The second kappa shape index (κ2) is 2.46. The molecule has 1 aliphatic carbocycles. The van der Waals surface area contributed by atoms with Gasteiger partial charge in [-0.1, -0.05) is 6.92 Å². The van der Waals surface area contributed by atoms with E-state index in [4.69, 9.17) is 5.73 Å². The van der Waals surface area contributed by atoms with E-state index in [1.54, 1.807) is 0 Å². The number of likely N-dealkylation sites (tertiary alicyclic amines) is 1. The highest BCUT2D eigenvalue weighted by Gasteiger charge is 2.49. The number of nitrogens with zero attached hydrogens (tertiary/aromatic N) is 1. The third kappa shape index (κ3) is 0.926. The van der Waals surface area contributed by atoms with Crippen LogP contribution in [0.5, 0.6) is 0 Å². The molecule has 1 saturated heterocycles. The van der Waals surface area contributed by atoms with Crippen LogP contribution in [-0.2, 0) is 0 Å². The fourth-order valence-corrected chi connectivity index (χ4v) is 3.00. The summed E-state index contributed by atoms with van der Waals surface area (Å²) >= 11 is 0. The Labute approximate surface area is 68.7 Å². The third-order valence-electron chi connectivity index (χ3n) is 3.56. The molecular weight excluding hydrogens is 136 g/mol. The number of hydrogen-bond acceptors (Lipinski definition) is 2. The van der Waals surface area contributed by atoms with Gasteiger partial charge >= 0.3 is 0 Å². The Bertz CT molecular complexity index is 154. The van der Waals surface area contributed by atoms with Crippen LogP contribution in [0.3, 0.4) is 0 Å². The fourth-order valence-electron chi connectivity index (χ4n) is 3.00. The monoisotopic (exact) mass is 154 g/mol. The van der Waals surface area contributed by atoms with Crippen molar-refractivity contribution < 1.29 is 0 Å². The molecule has 1 saturated carbocycles. The van der Waals surface area contributed by atoms with E-state index in [1.807, 2.05) is 0 Å². The van der Waals surface area contributed by atoms with Crippen molar-refractivity contribution in [3.05, 3.63) is 0 Å². The summed E-state index contributed by atoms with van der Waals surface area (Å²) in [6, 6.07) is 1.29. The molecule has 0 aromatic carbocycles. The maximum Gasteiger partial charge on any atom is 0.0136 e. The largest absolute Gasteiger partial charge is 0.327 e. The predicted molar refractivity (Wildman–Crippen MR) is 46.3 cm³/mol. The first kappa shape index (κ1) is 7.56. The molecule has 0 spiro atoms. The topological polar surface area (TPSA) is 29.3 Å².